The second-order valence-electron chi connectivity index (χ2n) is 5.75. The third-order valence-corrected chi connectivity index (χ3v) is 3.70. The molecule has 100 valence electrons. The fraction of sp³-hybridized carbons (Fsp3) is 0.625. The van der Waals surface area contributed by atoms with Crippen molar-refractivity contribution in [3.63, 3.8) is 0 Å². The van der Waals surface area contributed by atoms with E-state index in [0.717, 1.165) is 32.0 Å². The van der Waals surface area contributed by atoms with Crippen LogP contribution in [0.5, 0.6) is 0 Å². The largest absolute Gasteiger partial charge is 0.369 e. The summed E-state index contributed by atoms with van der Waals surface area (Å²) in [6.07, 6.45) is 2.39. The zero-order chi connectivity index (χ0) is 13.0. The Morgan fingerprint density at radius 2 is 2.22 bits per heavy atom. The summed E-state index contributed by atoms with van der Waals surface area (Å²) in [6.45, 7) is 10.2. The smallest absolute Gasteiger partial charge is 0.0369 e. The Labute approximate surface area is 111 Å². The summed E-state index contributed by atoms with van der Waals surface area (Å²) in [4.78, 5) is 2.53. The summed E-state index contributed by atoms with van der Waals surface area (Å²) in [6, 6.07) is 9.64. The monoisotopic (exact) mass is 246 g/mol. The minimum absolute atomic E-state index is 0.643. The highest BCUT2D eigenvalue weighted by atomic mass is 15.2. The maximum atomic E-state index is 3.64. The van der Waals surface area contributed by atoms with Crippen molar-refractivity contribution in [2.24, 2.45) is 5.92 Å². The number of nitrogens with one attached hydrogen (secondary N) is 1. The number of rotatable bonds is 4. The lowest BCUT2D eigenvalue weighted by molar-refractivity contribution is 0.388. The molecule has 1 aliphatic rings. The molecule has 2 nitrogen and oxygen atoms in total. The molecule has 1 unspecified atom stereocenters. The molecular weight excluding hydrogens is 220 g/mol. The SMILES string of the molecule is CCc1cccc(N2CCNC(CC(C)C)C2)c1. The molecule has 0 bridgehead atoms. The number of anilines is 1. The summed E-state index contributed by atoms with van der Waals surface area (Å²) < 4.78 is 0. The van der Waals surface area contributed by atoms with Gasteiger partial charge in [0.05, 0.1) is 0 Å². The minimum atomic E-state index is 0.643. The molecule has 1 N–H and O–H groups in total. The van der Waals surface area contributed by atoms with Crippen molar-refractivity contribution in [3.05, 3.63) is 29.8 Å². The van der Waals surface area contributed by atoms with Gasteiger partial charge in [0, 0.05) is 31.4 Å². The van der Waals surface area contributed by atoms with E-state index in [1.807, 2.05) is 0 Å². The summed E-state index contributed by atoms with van der Waals surface area (Å²) in [5, 5.41) is 3.64. The molecule has 1 aromatic rings. The quantitative estimate of drug-likeness (QED) is 0.878. The first-order valence-electron chi connectivity index (χ1n) is 7.26. The third kappa shape index (κ3) is 3.49. The van der Waals surface area contributed by atoms with Crippen molar-refractivity contribution < 1.29 is 0 Å². The molecular formula is C16H26N2. The zero-order valence-corrected chi connectivity index (χ0v) is 11.9. The van der Waals surface area contributed by atoms with E-state index in [9.17, 15) is 0 Å². The number of piperazine rings is 1. The summed E-state index contributed by atoms with van der Waals surface area (Å²) in [5.41, 5.74) is 2.83. The van der Waals surface area contributed by atoms with E-state index >= 15 is 0 Å². The van der Waals surface area contributed by atoms with Crippen molar-refractivity contribution in [2.45, 2.75) is 39.7 Å². The van der Waals surface area contributed by atoms with Crippen LogP contribution in [0.2, 0.25) is 0 Å². The fourth-order valence-electron chi connectivity index (χ4n) is 2.76. The predicted molar refractivity (Wildman–Crippen MR) is 79.3 cm³/mol. The maximum absolute atomic E-state index is 3.64. The van der Waals surface area contributed by atoms with Gasteiger partial charge in [0.25, 0.3) is 0 Å². The molecule has 0 saturated carbocycles. The first kappa shape index (κ1) is 13.4. The van der Waals surface area contributed by atoms with Gasteiger partial charge >= 0.3 is 0 Å². The van der Waals surface area contributed by atoms with Gasteiger partial charge in [-0.25, -0.2) is 0 Å². The van der Waals surface area contributed by atoms with Crippen LogP contribution in [0.1, 0.15) is 32.8 Å². The van der Waals surface area contributed by atoms with E-state index in [2.05, 4.69) is 55.3 Å². The van der Waals surface area contributed by atoms with Crippen molar-refractivity contribution in [3.8, 4) is 0 Å². The van der Waals surface area contributed by atoms with Crippen LogP contribution < -0.4 is 10.2 Å². The highest BCUT2D eigenvalue weighted by Gasteiger charge is 2.20. The Kier molecular flexibility index (Phi) is 4.65. The molecule has 0 radical (unpaired) electrons. The Morgan fingerprint density at radius 3 is 2.94 bits per heavy atom. The van der Waals surface area contributed by atoms with Crippen LogP contribution in [0, 0.1) is 5.92 Å². The van der Waals surface area contributed by atoms with Crippen molar-refractivity contribution >= 4 is 5.69 Å². The van der Waals surface area contributed by atoms with Gasteiger partial charge < -0.3 is 10.2 Å². The third-order valence-electron chi connectivity index (χ3n) is 3.70. The topological polar surface area (TPSA) is 15.3 Å². The van der Waals surface area contributed by atoms with Crippen LogP contribution in [-0.4, -0.2) is 25.7 Å². The lowest BCUT2D eigenvalue weighted by Gasteiger charge is -2.36. The molecule has 0 amide bonds. The predicted octanol–water partition coefficient (Wildman–Crippen LogP) is 3.07. The first-order chi connectivity index (χ1) is 8.69. The van der Waals surface area contributed by atoms with Crippen LogP contribution in [-0.2, 0) is 6.42 Å². The highest BCUT2D eigenvalue weighted by Crippen LogP contribution is 2.19. The van der Waals surface area contributed by atoms with Gasteiger partial charge in [0.1, 0.15) is 0 Å². The highest BCUT2D eigenvalue weighted by molar-refractivity contribution is 5.49. The standard InChI is InChI=1S/C16H26N2/c1-4-14-6-5-7-16(11-14)18-9-8-17-15(12-18)10-13(2)3/h5-7,11,13,15,17H,4,8-10,12H2,1-3H3. The average Bonchev–Trinajstić information content (AvgIpc) is 2.38. The van der Waals surface area contributed by atoms with Gasteiger partial charge in [-0.3, -0.25) is 0 Å². The van der Waals surface area contributed by atoms with Crippen LogP contribution in [0.15, 0.2) is 24.3 Å². The molecule has 1 aliphatic heterocycles. The lowest BCUT2D eigenvalue weighted by Crippen LogP contribution is -2.51. The Hall–Kier alpha value is -1.02. The van der Waals surface area contributed by atoms with E-state index in [1.54, 1.807) is 0 Å². The number of aryl methyl sites for hydroxylation is 1. The summed E-state index contributed by atoms with van der Waals surface area (Å²) in [5.74, 6) is 0.768. The molecule has 0 spiro atoms. The van der Waals surface area contributed by atoms with Crippen LogP contribution >= 0.6 is 0 Å². The second kappa shape index (κ2) is 6.24. The molecule has 1 aromatic carbocycles. The molecule has 1 saturated heterocycles. The van der Waals surface area contributed by atoms with E-state index in [4.69, 9.17) is 0 Å². The minimum Gasteiger partial charge on any atom is -0.369 e. The van der Waals surface area contributed by atoms with E-state index in [-0.39, 0.29) is 0 Å². The van der Waals surface area contributed by atoms with E-state index in [1.165, 1.54) is 17.7 Å². The number of benzene rings is 1. The van der Waals surface area contributed by atoms with Crippen molar-refractivity contribution in [1.29, 1.82) is 0 Å². The second-order valence-corrected chi connectivity index (χ2v) is 5.75. The van der Waals surface area contributed by atoms with Gasteiger partial charge in [-0.15, -0.1) is 0 Å². The van der Waals surface area contributed by atoms with Gasteiger partial charge in [-0.1, -0.05) is 32.9 Å². The average molecular weight is 246 g/mol. The molecule has 1 fully saturated rings. The normalized spacial score (nSPS) is 20.4. The Morgan fingerprint density at radius 1 is 1.39 bits per heavy atom. The number of hydrogen-bond donors (Lipinski definition) is 1. The lowest BCUT2D eigenvalue weighted by atomic mass is 10.0. The van der Waals surface area contributed by atoms with Crippen molar-refractivity contribution in [1.82, 2.24) is 5.32 Å². The molecule has 2 heteroatoms. The Bertz CT molecular complexity index is 373. The van der Waals surface area contributed by atoms with Crippen LogP contribution in [0.4, 0.5) is 5.69 Å². The Balaban J connectivity index is 2.03. The van der Waals surface area contributed by atoms with Crippen LogP contribution in [0.3, 0.4) is 0 Å². The molecule has 1 heterocycles. The molecule has 2 rings (SSSR count). The van der Waals surface area contributed by atoms with Crippen LogP contribution in [0.25, 0.3) is 0 Å². The van der Waals surface area contributed by atoms with Gasteiger partial charge in [0.15, 0.2) is 0 Å². The first-order valence-corrected chi connectivity index (χ1v) is 7.26. The fourth-order valence-corrected chi connectivity index (χ4v) is 2.76. The zero-order valence-electron chi connectivity index (χ0n) is 11.9. The summed E-state index contributed by atoms with van der Waals surface area (Å²) in [7, 11) is 0. The molecule has 18 heavy (non-hydrogen) atoms. The van der Waals surface area contributed by atoms with E-state index < -0.39 is 0 Å². The van der Waals surface area contributed by atoms with E-state index in [0.29, 0.717) is 6.04 Å². The van der Waals surface area contributed by atoms with Crippen molar-refractivity contribution in [2.75, 3.05) is 24.5 Å². The van der Waals surface area contributed by atoms with Gasteiger partial charge in [-0.2, -0.15) is 0 Å². The van der Waals surface area contributed by atoms with Gasteiger partial charge in [-0.05, 0) is 36.5 Å². The van der Waals surface area contributed by atoms with Gasteiger partial charge in [0.2, 0.25) is 0 Å². The molecule has 1 atom stereocenters. The summed E-state index contributed by atoms with van der Waals surface area (Å²) >= 11 is 0. The number of hydrogen-bond acceptors (Lipinski definition) is 2. The maximum Gasteiger partial charge on any atom is 0.0369 e. The number of nitrogens with zero attached hydrogens (tertiary/aromatic N) is 1. The molecule has 0 aromatic heterocycles. The molecule has 0 aliphatic carbocycles.